The number of aromatic nitrogens is 1. The van der Waals surface area contributed by atoms with Crippen molar-refractivity contribution in [3.05, 3.63) is 89.7 Å². The summed E-state index contributed by atoms with van der Waals surface area (Å²) in [6, 6.07) is 17.9. The second kappa shape index (κ2) is 10.9. The number of nitrogens with zero attached hydrogens (tertiary/aromatic N) is 2. The standard InChI is InChI=1S/C24H27N3O4S/c1-19-16-22(8-9-23(19)31-2)32(29,30)27(15-12-20-6-4-3-5-7-20)18-24(28)26-17-21-10-13-25-14-11-21/h3-11,13-14,16H,12,15,17-18H2,1-2H3,(H,26,28). The Labute approximate surface area is 189 Å². The van der Waals surface area contributed by atoms with Crippen molar-refractivity contribution in [2.45, 2.75) is 24.8 Å². The third-order valence-electron chi connectivity index (χ3n) is 5.06. The molecule has 3 aromatic rings. The topological polar surface area (TPSA) is 88.6 Å². The molecule has 32 heavy (non-hydrogen) atoms. The van der Waals surface area contributed by atoms with Crippen LogP contribution in [-0.4, -0.2) is 43.8 Å². The normalized spacial score (nSPS) is 11.3. The van der Waals surface area contributed by atoms with Gasteiger partial charge in [-0.1, -0.05) is 30.3 Å². The second-order valence-corrected chi connectivity index (χ2v) is 9.28. The fourth-order valence-corrected chi connectivity index (χ4v) is 4.74. The smallest absolute Gasteiger partial charge is 0.243 e. The highest BCUT2D eigenvalue weighted by Gasteiger charge is 2.27. The number of carbonyl (C=O) groups is 1. The Balaban J connectivity index is 1.78. The monoisotopic (exact) mass is 453 g/mol. The Kier molecular flexibility index (Phi) is 7.97. The SMILES string of the molecule is COc1ccc(S(=O)(=O)N(CCc2ccccc2)CC(=O)NCc2ccncc2)cc1C. The first-order chi connectivity index (χ1) is 15.4. The largest absolute Gasteiger partial charge is 0.496 e. The van der Waals surface area contributed by atoms with Crippen LogP contribution in [0.3, 0.4) is 0 Å². The van der Waals surface area contributed by atoms with E-state index >= 15 is 0 Å². The van der Waals surface area contributed by atoms with Gasteiger partial charge in [-0.05, 0) is 60.4 Å². The Morgan fingerprint density at radius 1 is 1.03 bits per heavy atom. The number of benzene rings is 2. The van der Waals surface area contributed by atoms with Crippen molar-refractivity contribution in [3.8, 4) is 5.75 Å². The maximum atomic E-state index is 13.4. The maximum Gasteiger partial charge on any atom is 0.243 e. The summed E-state index contributed by atoms with van der Waals surface area (Å²) >= 11 is 0. The molecular weight excluding hydrogens is 426 g/mol. The lowest BCUT2D eigenvalue weighted by atomic mass is 10.1. The van der Waals surface area contributed by atoms with E-state index in [0.29, 0.717) is 24.3 Å². The number of rotatable bonds is 10. The van der Waals surface area contributed by atoms with Crippen LogP contribution in [0.4, 0.5) is 0 Å². The Bertz CT molecular complexity index is 1140. The number of aryl methyl sites for hydroxylation is 1. The molecule has 3 rings (SSSR count). The summed E-state index contributed by atoms with van der Waals surface area (Å²) in [5.74, 6) is 0.235. The minimum atomic E-state index is -3.89. The molecule has 0 atom stereocenters. The van der Waals surface area contributed by atoms with E-state index in [2.05, 4.69) is 10.3 Å². The van der Waals surface area contributed by atoms with E-state index in [4.69, 9.17) is 4.74 Å². The maximum absolute atomic E-state index is 13.4. The number of ether oxygens (including phenoxy) is 1. The predicted molar refractivity (Wildman–Crippen MR) is 123 cm³/mol. The molecule has 8 heteroatoms. The lowest BCUT2D eigenvalue weighted by Crippen LogP contribution is -2.41. The van der Waals surface area contributed by atoms with Crippen molar-refractivity contribution in [1.29, 1.82) is 0 Å². The lowest BCUT2D eigenvalue weighted by Gasteiger charge is -2.22. The minimum Gasteiger partial charge on any atom is -0.496 e. The lowest BCUT2D eigenvalue weighted by molar-refractivity contribution is -0.121. The molecule has 2 aromatic carbocycles. The van der Waals surface area contributed by atoms with Crippen LogP contribution in [-0.2, 0) is 27.8 Å². The molecule has 0 saturated carbocycles. The van der Waals surface area contributed by atoms with Crippen LogP contribution in [0.1, 0.15) is 16.7 Å². The van der Waals surface area contributed by atoms with Crippen molar-refractivity contribution in [1.82, 2.24) is 14.6 Å². The van der Waals surface area contributed by atoms with Crippen molar-refractivity contribution >= 4 is 15.9 Å². The van der Waals surface area contributed by atoms with Gasteiger partial charge >= 0.3 is 0 Å². The molecule has 1 N–H and O–H groups in total. The first-order valence-corrected chi connectivity index (χ1v) is 11.7. The van der Waals surface area contributed by atoms with Gasteiger partial charge < -0.3 is 10.1 Å². The summed E-state index contributed by atoms with van der Waals surface area (Å²) in [5, 5.41) is 2.79. The molecule has 168 valence electrons. The van der Waals surface area contributed by atoms with Crippen LogP contribution in [0.2, 0.25) is 0 Å². The van der Waals surface area contributed by atoms with Gasteiger partial charge in [0.25, 0.3) is 0 Å². The number of pyridine rings is 1. The fraction of sp³-hybridized carbons (Fsp3) is 0.250. The zero-order valence-corrected chi connectivity index (χ0v) is 19.0. The van der Waals surface area contributed by atoms with E-state index in [9.17, 15) is 13.2 Å². The number of amides is 1. The van der Waals surface area contributed by atoms with E-state index in [1.54, 1.807) is 43.6 Å². The summed E-state index contributed by atoms with van der Waals surface area (Å²) in [5.41, 5.74) is 2.59. The predicted octanol–water partition coefficient (Wildman–Crippen LogP) is 2.95. The van der Waals surface area contributed by atoms with Gasteiger partial charge in [0, 0.05) is 25.5 Å². The molecule has 0 aliphatic rings. The van der Waals surface area contributed by atoms with E-state index in [1.165, 1.54) is 17.5 Å². The molecule has 0 spiro atoms. The number of hydrogen-bond acceptors (Lipinski definition) is 5. The summed E-state index contributed by atoms with van der Waals surface area (Å²) in [7, 11) is -2.35. The van der Waals surface area contributed by atoms with Crippen LogP contribution in [0.15, 0.2) is 78.0 Å². The van der Waals surface area contributed by atoms with Crippen LogP contribution in [0.5, 0.6) is 5.75 Å². The first kappa shape index (κ1) is 23.4. The summed E-state index contributed by atoms with van der Waals surface area (Å²) in [6.45, 7) is 1.99. The fourth-order valence-electron chi connectivity index (χ4n) is 3.26. The molecule has 0 radical (unpaired) electrons. The molecule has 0 bridgehead atoms. The number of methoxy groups -OCH3 is 1. The third-order valence-corrected chi connectivity index (χ3v) is 6.90. The van der Waals surface area contributed by atoms with Crippen LogP contribution in [0.25, 0.3) is 0 Å². The van der Waals surface area contributed by atoms with Gasteiger partial charge in [-0.15, -0.1) is 0 Å². The van der Waals surface area contributed by atoms with Gasteiger partial charge in [0.05, 0.1) is 18.6 Å². The average molecular weight is 454 g/mol. The zero-order chi connectivity index (χ0) is 23.0. The molecule has 7 nitrogen and oxygen atoms in total. The third kappa shape index (κ3) is 6.15. The molecule has 0 fully saturated rings. The second-order valence-electron chi connectivity index (χ2n) is 7.34. The van der Waals surface area contributed by atoms with Crippen LogP contribution >= 0.6 is 0 Å². The van der Waals surface area contributed by atoms with E-state index < -0.39 is 10.0 Å². The Hall–Kier alpha value is -3.23. The summed E-state index contributed by atoms with van der Waals surface area (Å²) < 4.78 is 33.3. The molecule has 0 aliphatic carbocycles. The van der Waals surface area contributed by atoms with Gasteiger partial charge in [-0.25, -0.2) is 8.42 Å². The van der Waals surface area contributed by atoms with Crippen molar-refractivity contribution in [2.24, 2.45) is 0 Å². The number of carbonyl (C=O) groups excluding carboxylic acids is 1. The Morgan fingerprint density at radius 2 is 1.75 bits per heavy atom. The summed E-state index contributed by atoms with van der Waals surface area (Å²) in [6.07, 6.45) is 3.78. The van der Waals surface area contributed by atoms with Gasteiger partial charge in [0.15, 0.2) is 0 Å². The van der Waals surface area contributed by atoms with Crippen LogP contribution < -0.4 is 10.1 Å². The molecule has 1 heterocycles. The number of sulfonamides is 1. The van der Waals surface area contributed by atoms with Crippen molar-refractivity contribution in [3.63, 3.8) is 0 Å². The number of nitrogens with one attached hydrogen (secondary N) is 1. The summed E-state index contributed by atoms with van der Waals surface area (Å²) in [4.78, 5) is 16.7. The molecule has 1 aromatic heterocycles. The van der Waals surface area contributed by atoms with E-state index in [-0.39, 0.29) is 23.9 Å². The van der Waals surface area contributed by atoms with Crippen molar-refractivity contribution < 1.29 is 17.9 Å². The van der Waals surface area contributed by atoms with E-state index in [0.717, 1.165) is 11.1 Å². The molecule has 1 amide bonds. The number of hydrogen-bond donors (Lipinski definition) is 1. The molecule has 0 aliphatic heterocycles. The quantitative estimate of drug-likeness (QED) is 0.510. The minimum absolute atomic E-state index is 0.130. The first-order valence-electron chi connectivity index (χ1n) is 10.2. The van der Waals surface area contributed by atoms with Crippen molar-refractivity contribution in [2.75, 3.05) is 20.2 Å². The highest BCUT2D eigenvalue weighted by molar-refractivity contribution is 7.89. The van der Waals surface area contributed by atoms with Crippen LogP contribution in [0, 0.1) is 6.92 Å². The highest BCUT2D eigenvalue weighted by Crippen LogP contribution is 2.24. The molecule has 0 saturated heterocycles. The van der Waals surface area contributed by atoms with Gasteiger partial charge in [0.1, 0.15) is 5.75 Å². The van der Waals surface area contributed by atoms with Gasteiger partial charge in [-0.2, -0.15) is 4.31 Å². The van der Waals surface area contributed by atoms with Gasteiger partial charge in [-0.3, -0.25) is 9.78 Å². The molecule has 0 unspecified atom stereocenters. The highest BCUT2D eigenvalue weighted by atomic mass is 32.2. The average Bonchev–Trinajstić information content (AvgIpc) is 2.81. The van der Waals surface area contributed by atoms with Gasteiger partial charge in [0.2, 0.25) is 15.9 Å². The Morgan fingerprint density at radius 3 is 2.41 bits per heavy atom. The molecular formula is C24H27N3O4S. The van der Waals surface area contributed by atoms with E-state index in [1.807, 2.05) is 30.3 Å². The zero-order valence-electron chi connectivity index (χ0n) is 18.2.